The number of nitrogens with one attached hydrogen (secondary N) is 1. The number of methoxy groups -OCH3 is 1. The summed E-state index contributed by atoms with van der Waals surface area (Å²) in [4.78, 5) is 4.33. The molecule has 0 radical (unpaired) electrons. The minimum atomic E-state index is -3.87. The van der Waals surface area contributed by atoms with E-state index in [2.05, 4.69) is 14.9 Å². The van der Waals surface area contributed by atoms with Gasteiger partial charge in [0, 0.05) is 21.0 Å². The van der Waals surface area contributed by atoms with Crippen LogP contribution in [0.3, 0.4) is 0 Å². The summed E-state index contributed by atoms with van der Waals surface area (Å²) in [5.74, 6) is 0.932. The normalized spacial score (nSPS) is 11.4. The summed E-state index contributed by atoms with van der Waals surface area (Å²) in [7, 11) is -2.43. The molecule has 30 heavy (non-hydrogen) atoms. The molecule has 2 aromatic carbocycles. The third-order valence-electron chi connectivity index (χ3n) is 4.02. The van der Waals surface area contributed by atoms with Gasteiger partial charge in [-0.3, -0.25) is 4.72 Å². The van der Waals surface area contributed by atoms with Crippen LogP contribution in [0.25, 0.3) is 22.8 Å². The lowest BCUT2D eigenvalue weighted by Gasteiger charge is -2.11. The van der Waals surface area contributed by atoms with Crippen molar-refractivity contribution in [1.82, 2.24) is 10.1 Å². The van der Waals surface area contributed by atoms with E-state index in [-0.39, 0.29) is 15.8 Å². The monoisotopic (exact) mass is 481 g/mol. The lowest BCUT2D eigenvalue weighted by molar-refractivity contribution is 0.417. The van der Waals surface area contributed by atoms with Gasteiger partial charge in [-0.15, -0.1) is 11.3 Å². The SMILES string of the molecule is COc1ccc(Cl)cc1NS(=O)(=O)c1cc(-c2nc(-c3ccc(Cl)cc3)no2)cs1. The minimum Gasteiger partial charge on any atom is -0.495 e. The highest BCUT2D eigenvalue weighted by Crippen LogP contribution is 2.33. The van der Waals surface area contributed by atoms with Crippen molar-refractivity contribution < 1.29 is 17.7 Å². The van der Waals surface area contributed by atoms with E-state index in [0.29, 0.717) is 27.2 Å². The van der Waals surface area contributed by atoms with Crippen LogP contribution in [-0.2, 0) is 10.0 Å². The topological polar surface area (TPSA) is 94.3 Å². The summed E-state index contributed by atoms with van der Waals surface area (Å²) in [6.07, 6.45) is 0. The van der Waals surface area contributed by atoms with Gasteiger partial charge < -0.3 is 9.26 Å². The van der Waals surface area contributed by atoms with Crippen LogP contribution in [-0.4, -0.2) is 25.7 Å². The highest BCUT2D eigenvalue weighted by molar-refractivity contribution is 7.94. The van der Waals surface area contributed by atoms with E-state index >= 15 is 0 Å². The summed E-state index contributed by atoms with van der Waals surface area (Å²) < 4.78 is 38.7. The Balaban J connectivity index is 1.60. The molecule has 0 amide bonds. The van der Waals surface area contributed by atoms with Crippen LogP contribution in [0.1, 0.15) is 0 Å². The first-order valence-electron chi connectivity index (χ1n) is 8.40. The molecule has 2 heterocycles. The first kappa shape index (κ1) is 20.7. The molecule has 1 N–H and O–H groups in total. The van der Waals surface area contributed by atoms with Crippen molar-refractivity contribution in [1.29, 1.82) is 0 Å². The molecular weight excluding hydrogens is 469 g/mol. The van der Waals surface area contributed by atoms with Crippen molar-refractivity contribution >= 4 is 50.2 Å². The van der Waals surface area contributed by atoms with Crippen molar-refractivity contribution in [2.24, 2.45) is 0 Å². The van der Waals surface area contributed by atoms with E-state index in [1.807, 2.05) is 0 Å². The first-order valence-corrected chi connectivity index (χ1v) is 11.5. The molecule has 0 aliphatic heterocycles. The maximum atomic E-state index is 12.8. The molecule has 4 aromatic rings. The molecule has 0 aliphatic rings. The van der Waals surface area contributed by atoms with Gasteiger partial charge in [0.25, 0.3) is 15.9 Å². The van der Waals surface area contributed by atoms with Crippen LogP contribution >= 0.6 is 34.5 Å². The molecule has 0 aliphatic carbocycles. The van der Waals surface area contributed by atoms with Gasteiger partial charge in [-0.2, -0.15) is 4.98 Å². The number of hydrogen-bond donors (Lipinski definition) is 1. The molecule has 0 fully saturated rings. The van der Waals surface area contributed by atoms with Gasteiger partial charge in [0.05, 0.1) is 18.4 Å². The average Bonchev–Trinajstić information content (AvgIpc) is 3.38. The molecule has 0 saturated carbocycles. The summed E-state index contributed by atoms with van der Waals surface area (Å²) >= 11 is 12.9. The maximum absolute atomic E-state index is 12.8. The fourth-order valence-electron chi connectivity index (χ4n) is 2.58. The smallest absolute Gasteiger partial charge is 0.271 e. The standard InChI is InChI=1S/C19H13Cl2N3O4S2/c1-27-16-7-6-14(21)9-15(16)24-30(25,26)17-8-12(10-29-17)19-22-18(23-28-19)11-2-4-13(20)5-3-11/h2-10,24H,1H3. The predicted octanol–water partition coefficient (Wildman–Crippen LogP) is 5.58. The average molecular weight is 482 g/mol. The number of rotatable bonds is 6. The Morgan fingerprint density at radius 2 is 1.77 bits per heavy atom. The van der Waals surface area contributed by atoms with Crippen molar-refractivity contribution in [2.45, 2.75) is 4.21 Å². The molecule has 0 unspecified atom stereocenters. The van der Waals surface area contributed by atoms with Crippen LogP contribution in [0.2, 0.25) is 10.0 Å². The van der Waals surface area contributed by atoms with Gasteiger partial charge in [-0.1, -0.05) is 28.4 Å². The van der Waals surface area contributed by atoms with Crippen LogP contribution < -0.4 is 9.46 Å². The molecule has 0 saturated heterocycles. The van der Waals surface area contributed by atoms with Crippen molar-refractivity contribution in [3.05, 3.63) is 64.0 Å². The zero-order valence-corrected chi connectivity index (χ0v) is 18.4. The third kappa shape index (κ3) is 4.29. The number of aromatic nitrogens is 2. The Bertz CT molecular complexity index is 1300. The zero-order chi connectivity index (χ0) is 21.3. The summed E-state index contributed by atoms with van der Waals surface area (Å²) in [5, 5.41) is 6.54. The van der Waals surface area contributed by atoms with Crippen LogP contribution in [0, 0.1) is 0 Å². The number of benzene rings is 2. The van der Waals surface area contributed by atoms with E-state index in [0.717, 1.165) is 16.9 Å². The van der Waals surface area contributed by atoms with Crippen molar-refractivity contribution in [2.75, 3.05) is 11.8 Å². The fourth-order valence-corrected chi connectivity index (χ4v) is 5.09. The van der Waals surface area contributed by atoms with Gasteiger partial charge in [0.15, 0.2) is 0 Å². The number of thiophene rings is 1. The van der Waals surface area contributed by atoms with Gasteiger partial charge in [0.1, 0.15) is 9.96 Å². The molecule has 7 nitrogen and oxygen atoms in total. The van der Waals surface area contributed by atoms with E-state index < -0.39 is 10.0 Å². The maximum Gasteiger partial charge on any atom is 0.271 e. The molecule has 0 spiro atoms. The molecular formula is C19H13Cl2N3O4S2. The number of anilines is 1. The second-order valence-corrected chi connectivity index (χ2v) is 9.73. The van der Waals surface area contributed by atoms with Gasteiger partial charge >= 0.3 is 0 Å². The third-order valence-corrected chi connectivity index (χ3v) is 7.31. The highest BCUT2D eigenvalue weighted by atomic mass is 35.5. The van der Waals surface area contributed by atoms with Crippen LogP contribution in [0.5, 0.6) is 5.75 Å². The summed E-state index contributed by atoms with van der Waals surface area (Å²) in [6, 6.07) is 13.1. The Hall–Kier alpha value is -2.59. The van der Waals surface area contributed by atoms with Crippen molar-refractivity contribution in [3.63, 3.8) is 0 Å². The van der Waals surface area contributed by atoms with Crippen LogP contribution in [0.4, 0.5) is 5.69 Å². The summed E-state index contributed by atoms with van der Waals surface area (Å²) in [5.41, 5.74) is 1.46. The van der Waals surface area contributed by atoms with E-state index in [9.17, 15) is 8.42 Å². The second-order valence-electron chi connectivity index (χ2n) is 6.03. The molecule has 2 aromatic heterocycles. The molecule has 0 bridgehead atoms. The highest BCUT2D eigenvalue weighted by Gasteiger charge is 2.21. The quantitative estimate of drug-likeness (QED) is 0.386. The number of ether oxygens (including phenoxy) is 1. The Morgan fingerprint density at radius 1 is 1.03 bits per heavy atom. The largest absolute Gasteiger partial charge is 0.495 e. The Morgan fingerprint density at radius 3 is 2.50 bits per heavy atom. The van der Waals surface area contributed by atoms with E-state index in [1.54, 1.807) is 41.8 Å². The Kier molecular flexibility index (Phi) is 5.70. The lowest BCUT2D eigenvalue weighted by atomic mass is 10.2. The number of nitrogens with zero attached hydrogens (tertiary/aromatic N) is 2. The zero-order valence-electron chi connectivity index (χ0n) is 15.3. The van der Waals surface area contributed by atoms with E-state index in [4.69, 9.17) is 32.5 Å². The molecule has 11 heteroatoms. The number of halogens is 2. The summed E-state index contributed by atoms with van der Waals surface area (Å²) in [6.45, 7) is 0. The fraction of sp³-hybridized carbons (Fsp3) is 0.0526. The number of hydrogen-bond acceptors (Lipinski definition) is 7. The number of sulfonamides is 1. The van der Waals surface area contributed by atoms with Gasteiger partial charge in [-0.05, 0) is 48.5 Å². The Labute approximate surface area is 186 Å². The van der Waals surface area contributed by atoms with Crippen molar-refractivity contribution in [3.8, 4) is 28.6 Å². The predicted molar refractivity (Wildman–Crippen MR) is 117 cm³/mol. The van der Waals surface area contributed by atoms with Gasteiger partial charge in [-0.25, -0.2) is 8.42 Å². The first-order chi connectivity index (χ1) is 14.4. The van der Waals surface area contributed by atoms with Crippen LogP contribution in [0.15, 0.2) is 62.6 Å². The molecule has 4 rings (SSSR count). The minimum absolute atomic E-state index is 0.0748. The molecule has 0 atom stereocenters. The lowest BCUT2D eigenvalue weighted by Crippen LogP contribution is -2.12. The van der Waals surface area contributed by atoms with E-state index in [1.165, 1.54) is 19.2 Å². The molecule has 154 valence electrons. The second kappa shape index (κ2) is 8.27. The van der Waals surface area contributed by atoms with Gasteiger partial charge in [0.2, 0.25) is 5.82 Å².